The molecule has 0 bridgehead atoms. The van der Waals surface area contributed by atoms with E-state index in [1.165, 1.54) is 76.5 Å². The summed E-state index contributed by atoms with van der Waals surface area (Å²) in [5.74, 6) is -2.19. The Kier molecular flexibility index (Phi) is 38.9. The van der Waals surface area contributed by atoms with Crippen molar-refractivity contribution in [2.45, 2.75) is 217 Å². The number of nitrogens with two attached hydrogens (primary N) is 1. The van der Waals surface area contributed by atoms with E-state index >= 15 is 0 Å². The summed E-state index contributed by atoms with van der Waals surface area (Å²) in [5, 5.41) is 51.5. The second-order valence-corrected chi connectivity index (χ2v) is 16.5. The van der Waals surface area contributed by atoms with Gasteiger partial charge in [0, 0.05) is 13.2 Å². The molecular weight excluding hydrogens is 845 g/mol. The van der Waals surface area contributed by atoms with Gasteiger partial charge in [0.1, 0.15) is 42.7 Å². The Morgan fingerprint density at radius 3 is 1.56 bits per heavy atom. The fourth-order valence-electron chi connectivity index (χ4n) is 6.45. The van der Waals surface area contributed by atoms with E-state index in [1.807, 2.05) is 12.2 Å². The van der Waals surface area contributed by atoms with Crippen molar-refractivity contribution in [2.24, 2.45) is 5.73 Å². The molecule has 62 heavy (non-hydrogen) atoms. The SMILES string of the molecule is C/C=C\O[C@H]1O[C@H](CO)C(O)[C@H](OCCCCCCCCCC)[C@H]1N.C=CCO[C@H]1O[C@H](CO)C(O)[C@H](OCCCCCCCCCC)[C@H]1NC(=O)C(F)(F)F.CC(C)(C)[O-].[K+]. The van der Waals surface area contributed by atoms with Crippen molar-refractivity contribution in [3.05, 3.63) is 25.0 Å². The van der Waals surface area contributed by atoms with Crippen molar-refractivity contribution < 1.29 is 123 Å². The maximum absolute atomic E-state index is 12.8. The van der Waals surface area contributed by atoms with Crippen LogP contribution in [0.1, 0.15) is 144 Å². The summed E-state index contributed by atoms with van der Waals surface area (Å²) in [6, 6.07) is -2.02. The van der Waals surface area contributed by atoms with Crippen LogP contribution in [0, 0.1) is 0 Å². The molecule has 0 aliphatic carbocycles. The van der Waals surface area contributed by atoms with Gasteiger partial charge in [0.2, 0.25) is 6.29 Å². The number of ether oxygens (including phenoxy) is 6. The number of aliphatic hydroxyl groups is 4. The standard InChI is InChI=1S/C21H36F3NO6.C19H37NO5.C4H9O.K/c1-3-5-6-7-8-9-10-11-13-29-18-16(25-20(28)21(22,23)24)19(30-12-4-2)31-15(14-26)17(18)27;1-3-5-6-7-8-9-10-11-13-23-18-16(20)19(24-12-4-2)25-15(14-21)17(18)22;1-4(2,3)5;/h4,15-19,26-27H,2-3,5-14H2,1H3,(H,25,28);4,12,15-19,21-22H,3,5-11,13-14,20H2,1-2H3;1-3H3;/q;;-1;+1/b;12-4-;;/t2*15-,16-,17?,18-,19+;;/m11../s1. The Morgan fingerprint density at radius 2 is 1.16 bits per heavy atom. The van der Waals surface area contributed by atoms with Gasteiger partial charge in [0.05, 0.1) is 32.1 Å². The van der Waals surface area contributed by atoms with Crippen LogP contribution >= 0.6 is 0 Å². The van der Waals surface area contributed by atoms with Crippen LogP contribution < -0.4 is 67.5 Å². The molecule has 0 saturated carbocycles. The molecule has 362 valence electrons. The zero-order valence-corrected chi connectivity index (χ0v) is 42.0. The summed E-state index contributed by atoms with van der Waals surface area (Å²) in [7, 11) is 0. The second-order valence-electron chi connectivity index (χ2n) is 16.5. The third-order valence-corrected chi connectivity index (χ3v) is 9.65. The van der Waals surface area contributed by atoms with E-state index < -0.39 is 85.6 Å². The van der Waals surface area contributed by atoms with E-state index in [0.717, 1.165) is 32.1 Å². The molecule has 2 aliphatic rings. The first kappa shape index (κ1) is 63.8. The minimum Gasteiger partial charge on any atom is -0.850 e. The Hall–Kier alpha value is -0.264. The van der Waals surface area contributed by atoms with Gasteiger partial charge in [0.25, 0.3) is 0 Å². The summed E-state index contributed by atoms with van der Waals surface area (Å²) >= 11 is 0. The molecule has 2 rings (SSSR count). The van der Waals surface area contributed by atoms with Crippen molar-refractivity contribution in [1.29, 1.82) is 0 Å². The van der Waals surface area contributed by atoms with Gasteiger partial charge in [-0.15, -0.1) is 12.2 Å². The van der Waals surface area contributed by atoms with Crippen LogP contribution in [0.3, 0.4) is 0 Å². The van der Waals surface area contributed by atoms with Crippen LogP contribution in [0.15, 0.2) is 25.0 Å². The Bertz CT molecular complexity index is 1120. The summed E-state index contributed by atoms with van der Waals surface area (Å²) in [4.78, 5) is 11.5. The summed E-state index contributed by atoms with van der Waals surface area (Å²) in [6.07, 6.45) is 9.43. The molecule has 1 amide bonds. The Balaban J connectivity index is 0. The molecule has 0 aromatic rings. The summed E-state index contributed by atoms with van der Waals surface area (Å²) in [5.41, 5.74) is 5.38. The zero-order valence-electron chi connectivity index (χ0n) is 38.8. The number of aliphatic hydroxyl groups excluding tert-OH is 4. The second kappa shape index (κ2) is 37.8. The smallest absolute Gasteiger partial charge is 0.850 e. The molecule has 2 fully saturated rings. The molecule has 0 aromatic carbocycles. The molecule has 2 unspecified atom stereocenters. The average Bonchev–Trinajstić information content (AvgIpc) is 3.20. The average molecular weight is 927 g/mol. The molecule has 7 N–H and O–H groups in total. The van der Waals surface area contributed by atoms with Gasteiger partial charge in [-0.1, -0.05) is 137 Å². The third-order valence-electron chi connectivity index (χ3n) is 9.65. The number of hydrogen-bond acceptors (Lipinski definition) is 13. The predicted octanol–water partition coefficient (Wildman–Crippen LogP) is 2.46. The van der Waals surface area contributed by atoms with E-state index in [2.05, 4.69) is 20.4 Å². The normalized spacial score (nSPS) is 26.4. The van der Waals surface area contributed by atoms with Crippen molar-refractivity contribution in [3.8, 4) is 0 Å². The monoisotopic (exact) mass is 927 g/mol. The van der Waals surface area contributed by atoms with Crippen LogP contribution in [0.5, 0.6) is 0 Å². The Labute approximate surface area is 412 Å². The van der Waals surface area contributed by atoms with Crippen LogP contribution in [-0.4, -0.2) is 132 Å². The number of rotatable bonds is 28. The van der Waals surface area contributed by atoms with Crippen molar-refractivity contribution in [2.75, 3.05) is 33.0 Å². The topological polar surface area (TPSA) is 214 Å². The van der Waals surface area contributed by atoms with Crippen molar-refractivity contribution >= 4 is 5.91 Å². The molecule has 2 saturated heterocycles. The molecular formula is C44H82F3KN2O12. The molecule has 0 spiro atoms. The fourth-order valence-corrected chi connectivity index (χ4v) is 6.45. The maximum Gasteiger partial charge on any atom is 1.00 e. The summed E-state index contributed by atoms with van der Waals surface area (Å²) in [6.45, 7) is 14.3. The number of carbonyl (C=O) groups is 1. The van der Waals surface area contributed by atoms with Crippen LogP contribution in [0.2, 0.25) is 0 Å². The number of nitrogens with one attached hydrogen (secondary N) is 1. The summed E-state index contributed by atoms with van der Waals surface area (Å²) < 4.78 is 71.5. The van der Waals surface area contributed by atoms with E-state index in [9.17, 15) is 43.5 Å². The number of alkyl halides is 3. The van der Waals surface area contributed by atoms with Crippen LogP contribution in [0.25, 0.3) is 0 Å². The van der Waals surface area contributed by atoms with Gasteiger partial charge in [0.15, 0.2) is 6.29 Å². The third kappa shape index (κ3) is 29.4. The molecule has 0 radical (unpaired) electrons. The van der Waals surface area contributed by atoms with Gasteiger partial charge in [-0.25, -0.2) is 0 Å². The van der Waals surface area contributed by atoms with E-state index in [4.69, 9.17) is 34.2 Å². The fraction of sp³-hybridized carbons (Fsp3) is 0.886. The molecule has 10 atom stereocenters. The number of halogens is 3. The predicted molar refractivity (Wildman–Crippen MR) is 226 cm³/mol. The first-order chi connectivity index (χ1) is 28.9. The van der Waals surface area contributed by atoms with Crippen molar-refractivity contribution in [1.82, 2.24) is 5.32 Å². The van der Waals surface area contributed by atoms with Gasteiger partial charge < -0.3 is 65.0 Å². The van der Waals surface area contributed by atoms with Gasteiger partial charge >= 0.3 is 63.5 Å². The molecule has 18 heteroatoms. The minimum absolute atomic E-state index is 0. The van der Waals surface area contributed by atoms with E-state index in [-0.39, 0.29) is 71.2 Å². The molecule has 2 heterocycles. The van der Waals surface area contributed by atoms with Crippen LogP contribution in [0.4, 0.5) is 13.2 Å². The first-order valence-corrected chi connectivity index (χ1v) is 22.4. The van der Waals surface area contributed by atoms with Gasteiger partial charge in [-0.3, -0.25) is 4.79 Å². The minimum atomic E-state index is -5.12. The molecule has 2 aliphatic heterocycles. The van der Waals surface area contributed by atoms with Gasteiger partial charge in [-0.05, 0) is 19.8 Å². The molecule has 14 nitrogen and oxygen atoms in total. The van der Waals surface area contributed by atoms with Crippen molar-refractivity contribution in [3.63, 3.8) is 0 Å². The maximum atomic E-state index is 12.8. The molecule has 0 aromatic heterocycles. The van der Waals surface area contributed by atoms with Gasteiger partial charge in [-0.2, -0.15) is 13.2 Å². The van der Waals surface area contributed by atoms with E-state index in [0.29, 0.717) is 13.0 Å². The van der Waals surface area contributed by atoms with E-state index in [1.54, 1.807) is 26.8 Å². The largest absolute Gasteiger partial charge is 1.00 e. The quantitative estimate of drug-likeness (QED) is 0.0289. The zero-order chi connectivity index (χ0) is 46.3. The Morgan fingerprint density at radius 1 is 0.758 bits per heavy atom. The number of amides is 1. The first-order valence-electron chi connectivity index (χ1n) is 22.4. The number of hydrogen-bond donors (Lipinski definition) is 6. The van der Waals surface area contributed by atoms with Crippen LogP contribution in [-0.2, 0) is 33.2 Å². The number of unbranched alkanes of at least 4 members (excludes halogenated alkanes) is 14. The number of carbonyl (C=O) groups excluding carboxylic acids is 1. The number of allylic oxidation sites excluding steroid dienone is 1.